The maximum atomic E-state index is 12.8. The molecular weight excluding hydrogens is 350 g/mol. The molecule has 4 rings (SSSR count). The first-order valence-corrected chi connectivity index (χ1v) is 9.65. The van der Waals surface area contributed by atoms with Crippen LogP contribution in [0.3, 0.4) is 0 Å². The quantitative estimate of drug-likeness (QED) is 0.725. The van der Waals surface area contributed by atoms with Crippen molar-refractivity contribution in [1.82, 2.24) is 24.3 Å². The minimum Gasteiger partial charge on any atom is -0.453 e. The fourth-order valence-electron chi connectivity index (χ4n) is 4.10. The molecule has 2 saturated heterocycles. The smallest absolute Gasteiger partial charge is 0.409 e. The van der Waals surface area contributed by atoms with Gasteiger partial charge in [0, 0.05) is 71.1 Å². The van der Waals surface area contributed by atoms with Gasteiger partial charge < -0.3 is 23.8 Å². The Balaban J connectivity index is 1.36. The van der Waals surface area contributed by atoms with Gasteiger partial charge in [0.2, 0.25) is 0 Å². The Kier molecular flexibility index (Phi) is 5.31. The Hall–Kier alpha value is -2.13. The topological polar surface area (TPSA) is 80.1 Å². The highest BCUT2D eigenvalue weighted by atomic mass is 16.5. The van der Waals surface area contributed by atoms with Crippen molar-refractivity contribution in [3.8, 4) is 0 Å². The van der Waals surface area contributed by atoms with Crippen molar-refractivity contribution >= 4 is 12.0 Å². The summed E-state index contributed by atoms with van der Waals surface area (Å²) in [6.45, 7) is 6.44. The third kappa shape index (κ3) is 3.79. The average Bonchev–Trinajstić information content (AvgIpc) is 3.34. The summed E-state index contributed by atoms with van der Waals surface area (Å²) < 4.78 is 12.4. The van der Waals surface area contributed by atoms with Gasteiger partial charge in [0.05, 0.1) is 13.7 Å². The molecule has 3 aliphatic rings. The fourth-order valence-corrected chi connectivity index (χ4v) is 4.10. The SMILES string of the molecule is COC(=O)N1CCN(C(=O)c2cn3c(n2)CCN(C2CCOC2)CC3)CC1. The predicted molar refractivity (Wildman–Crippen MR) is 96.6 cm³/mol. The minimum absolute atomic E-state index is 0.0545. The number of piperazine rings is 1. The first kappa shape index (κ1) is 18.2. The summed E-state index contributed by atoms with van der Waals surface area (Å²) in [6.07, 6.45) is 3.50. The summed E-state index contributed by atoms with van der Waals surface area (Å²) in [5.41, 5.74) is 0.508. The van der Waals surface area contributed by atoms with Gasteiger partial charge in [-0.15, -0.1) is 0 Å². The summed E-state index contributed by atoms with van der Waals surface area (Å²) >= 11 is 0. The standard InChI is InChI=1S/C18H27N5O4/c1-26-18(25)22-8-6-21(7-9-22)17(24)15-12-23-10-5-20(4-2-16(23)19-15)14-3-11-27-13-14/h12,14H,2-11,13H2,1H3. The molecule has 2 fully saturated rings. The molecule has 0 radical (unpaired) electrons. The van der Waals surface area contributed by atoms with Gasteiger partial charge in [0.15, 0.2) is 0 Å². The number of hydrogen-bond donors (Lipinski definition) is 0. The summed E-state index contributed by atoms with van der Waals surface area (Å²) in [7, 11) is 1.37. The van der Waals surface area contributed by atoms with Crippen molar-refractivity contribution in [3.63, 3.8) is 0 Å². The Morgan fingerprint density at radius 1 is 1.11 bits per heavy atom. The molecule has 0 aromatic carbocycles. The highest BCUT2D eigenvalue weighted by Crippen LogP contribution is 2.18. The van der Waals surface area contributed by atoms with Crippen molar-refractivity contribution in [1.29, 1.82) is 0 Å². The lowest BCUT2D eigenvalue weighted by Gasteiger charge is -2.33. The first-order chi connectivity index (χ1) is 13.2. The molecule has 2 amide bonds. The van der Waals surface area contributed by atoms with Crippen molar-refractivity contribution < 1.29 is 19.1 Å². The van der Waals surface area contributed by atoms with Crippen LogP contribution in [0.2, 0.25) is 0 Å². The second-order valence-corrected chi connectivity index (χ2v) is 7.29. The largest absolute Gasteiger partial charge is 0.453 e. The molecule has 0 N–H and O–H groups in total. The van der Waals surface area contributed by atoms with Gasteiger partial charge in [-0.05, 0) is 6.42 Å². The average molecular weight is 377 g/mol. The molecule has 1 aromatic rings. The monoisotopic (exact) mass is 377 g/mol. The molecule has 1 unspecified atom stereocenters. The molecule has 0 aliphatic carbocycles. The zero-order chi connectivity index (χ0) is 18.8. The van der Waals surface area contributed by atoms with E-state index < -0.39 is 0 Å². The summed E-state index contributed by atoms with van der Waals surface area (Å²) in [6, 6.07) is 0.516. The van der Waals surface area contributed by atoms with Crippen LogP contribution in [0.5, 0.6) is 0 Å². The second kappa shape index (κ2) is 7.85. The summed E-state index contributed by atoms with van der Waals surface area (Å²) in [4.78, 5) is 34.9. The number of hydrogen-bond acceptors (Lipinski definition) is 6. The maximum absolute atomic E-state index is 12.8. The Morgan fingerprint density at radius 3 is 2.59 bits per heavy atom. The van der Waals surface area contributed by atoms with Gasteiger partial charge in [0.25, 0.3) is 5.91 Å². The van der Waals surface area contributed by atoms with E-state index in [9.17, 15) is 9.59 Å². The van der Waals surface area contributed by atoms with Crippen LogP contribution in [0, 0.1) is 0 Å². The number of fused-ring (bicyclic) bond motifs is 1. The van der Waals surface area contributed by atoms with E-state index in [1.165, 1.54) is 7.11 Å². The van der Waals surface area contributed by atoms with E-state index in [-0.39, 0.29) is 12.0 Å². The zero-order valence-electron chi connectivity index (χ0n) is 15.8. The number of nitrogens with zero attached hydrogens (tertiary/aromatic N) is 5. The summed E-state index contributed by atoms with van der Waals surface area (Å²) in [5, 5.41) is 0. The molecule has 0 spiro atoms. The van der Waals surface area contributed by atoms with E-state index in [2.05, 4.69) is 14.5 Å². The van der Waals surface area contributed by atoms with E-state index in [1.54, 1.807) is 9.80 Å². The van der Waals surface area contributed by atoms with E-state index in [1.807, 2.05) is 6.20 Å². The Labute approximate surface area is 158 Å². The number of carbonyl (C=O) groups excluding carboxylic acids is 2. The van der Waals surface area contributed by atoms with Crippen molar-refractivity contribution in [2.24, 2.45) is 0 Å². The Bertz CT molecular complexity index is 666. The van der Waals surface area contributed by atoms with Crippen LogP contribution in [0.25, 0.3) is 0 Å². The number of methoxy groups -OCH3 is 1. The highest BCUT2D eigenvalue weighted by molar-refractivity contribution is 5.92. The lowest BCUT2D eigenvalue weighted by atomic mass is 10.2. The van der Waals surface area contributed by atoms with Gasteiger partial charge in [-0.1, -0.05) is 0 Å². The lowest BCUT2D eigenvalue weighted by molar-refractivity contribution is 0.0595. The van der Waals surface area contributed by atoms with Gasteiger partial charge in [-0.25, -0.2) is 9.78 Å². The van der Waals surface area contributed by atoms with E-state index >= 15 is 0 Å². The number of rotatable bonds is 2. The molecule has 27 heavy (non-hydrogen) atoms. The van der Waals surface area contributed by atoms with E-state index in [0.29, 0.717) is 37.9 Å². The normalized spacial score (nSPS) is 23.8. The molecule has 1 aromatic heterocycles. The van der Waals surface area contributed by atoms with Crippen LogP contribution in [0.4, 0.5) is 4.79 Å². The van der Waals surface area contributed by atoms with Crippen LogP contribution < -0.4 is 0 Å². The number of imidazole rings is 1. The van der Waals surface area contributed by atoms with Crippen LogP contribution >= 0.6 is 0 Å². The molecule has 1 atom stereocenters. The van der Waals surface area contributed by atoms with Gasteiger partial charge >= 0.3 is 6.09 Å². The van der Waals surface area contributed by atoms with Crippen LogP contribution in [0.15, 0.2) is 6.20 Å². The summed E-state index contributed by atoms with van der Waals surface area (Å²) in [5.74, 6) is 0.925. The highest BCUT2D eigenvalue weighted by Gasteiger charge is 2.29. The van der Waals surface area contributed by atoms with Gasteiger partial charge in [-0.2, -0.15) is 0 Å². The molecular formula is C18H27N5O4. The number of amides is 2. The van der Waals surface area contributed by atoms with Crippen LogP contribution in [-0.2, 0) is 22.4 Å². The van der Waals surface area contributed by atoms with Gasteiger partial charge in [-0.3, -0.25) is 9.69 Å². The first-order valence-electron chi connectivity index (χ1n) is 9.65. The van der Waals surface area contributed by atoms with Crippen LogP contribution in [-0.4, -0.2) is 102 Å². The molecule has 9 heteroatoms. The predicted octanol–water partition coefficient (Wildman–Crippen LogP) is 0.0543. The molecule has 4 heterocycles. The van der Waals surface area contributed by atoms with E-state index in [0.717, 1.165) is 51.5 Å². The van der Waals surface area contributed by atoms with Crippen molar-refractivity contribution in [2.45, 2.75) is 25.4 Å². The van der Waals surface area contributed by atoms with Crippen molar-refractivity contribution in [3.05, 3.63) is 17.7 Å². The molecule has 0 saturated carbocycles. The molecule has 3 aliphatic heterocycles. The fraction of sp³-hybridized carbons (Fsp3) is 0.722. The number of aromatic nitrogens is 2. The zero-order valence-corrected chi connectivity index (χ0v) is 15.8. The Morgan fingerprint density at radius 2 is 1.89 bits per heavy atom. The maximum Gasteiger partial charge on any atom is 0.409 e. The minimum atomic E-state index is -0.340. The lowest BCUT2D eigenvalue weighted by Crippen LogP contribution is -2.50. The van der Waals surface area contributed by atoms with E-state index in [4.69, 9.17) is 9.47 Å². The third-order valence-corrected chi connectivity index (χ3v) is 5.75. The third-order valence-electron chi connectivity index (χ3n) is 5.75. The number of carbonyl (C=O) groups is 2. The molecule has 9 nitrogen and oxygen atoms in total. The van der Waals surface area contributed by atoms with Crippen molar-refractivity contribution in [2.75, 3.05) is 59.6 Å². The van der Waals surface area contributed by atoms with Crippen LogP contribution in [0.1, 0.15) is 22.7 Å². The number of ether oxygens (including phenoxy) is 2. The molecule has 148 valence electrons. The second-order valence-electron chi connectivity index (χ2n) is 7.29. The van der Waals surface area contributed by atoms with Gasteiger partial charge in [0.1, 0.15) is 11.5 Å². The molecule has 0 bridgehead atoms.